The van der Waals surface area contributed by atoms with Gasteiger partial charge in [0.15, 0.2) is 12.4 Å². The summed E-state index contributed by atoms with van der Waals surface area (Å²) in [6.07, 6.45) is 0. The molecule has 10 nitrogen and oxygen atoms in total. The second-order valence-corrected chi connectivity index (χ2v) is 7.48. The standard InChI is InChI=1S/C18H16N4O6S/c1-11-20-17(28-22-11)12-5-7-13(8-6-12)18(24)27-10-16(23)21-14-3-2-4-15(9-14)29(19,25)26/h2-9H,10H2,1H3,(H,21,23)(H2,19,25,26). The zero-order chi connectivity index (χ0) is 21.0. The zero-order valence-electron chi connectivity index (χ0n) is 15.2. The van der Waals surface area contributed by atoms with Gasteiger partial charge in [-0.15, -0.1) is 0 Å². The highest BCUT2D eigenvalue weighted by molar-refractivity contribution is 7.89. The Kier molecular flexibility index (Phi) is 5.71. The van der Waals surface area contributed by atoms with Gasteiger partial charge in [-0.3, -0.25) is 4.79 Å². The monoisotopic (exact) mass is 416 g/mol. The minimum Gasteiger partial charge on any atom is -0.452 e. The van der Waals surface area contributed by atoms with Crippen LogP contribution in [-0.2, 0) is 19.6 Å². The van der Waals surface area contributed by atoms with Gasteiger partial charge in [0, 0.05) is 11.3 Å². The summed E-state index contributed by atoms with van der Waals surface area (Å²) in [5.74, 6) is -0.526. The molecule has 0 atom stereocenters. The lowest BCUT2D eigenvalue weighted by molar-refractivity contribution is -0.119. The Bertz CT molecular complexity index is 1160. The number of esters is 1. The number of primary sulfonamides is 1. The van der Waals surface area contributed by atoms with Gasteiger partial charge in [0.2, 0.25) is 10.0 Å². The van der Waals surface area contributed by atoms with Crippen molar-refractivity contribution < 1.29 is 27.3 Å². The number of nitrogens with zero attached hydrogens (tertiary/aromatic N) is 2. The van der Waals surface area contributed by atoms with E-state index in [9.17, 15) is 18.0 Å². The van der Waals surface area contributed by atoms with Crippen molar-refractivity contribution >= 4 is 27.6 Å². The molecule has 3 aromatic rings. The fourth-order valence-corrected chi connectivity index (χ4v) is 2.89. The lowest BCUT2D eigenvalue weighted by Crippen LogP contribution is -2.21. The molecule has 0 saturated carbocycles. The fourth-order valence-electron chi connectivity index (χ4n) is 2.33. The van der Waals surface area contributed by atoms with Gasteiger partial charge in [0.1, 0.15) is 0 Å². The molecule has 1 heterocycles. The largest absolute Gasteiger partial charge is 0.452 e. The number of aromatic nitrogens is 2. The van der Waals surface area contributed by atoms with E-state index >= 15 is 0 Å². The Morgan fingerprint density at radius 3 is 2.52 bits per heavy atom. The SMILES string of the molecule is Cc1noc(-c2ccc(C(=O)OCC(=O)Nc3cccc(S(N)(=O)=O)c3)cc2)n1. The predicted octanol–water partition coefficient (Wildman–Crippen LogP) is 1.49. The van der Waals surface area contributed by atoms with Crippen molar-refractivity contribution in [2.24, 2.45) is 5.14 Å². The molecule has 0 saturated heterocycles. The van der Waals surface area contributed by atoms with Gasteiger partial charge in [-0.1, -0.05) is 11.2 Å². The summed E-state index contributed by atoms with van der Waals surface area (Å²) in [5, 5.41) is 11.2. The molecule has 2 aromatic carbocycles. The first kappa shape index (κ1) is 20.2. The van der Waals surface area contributed by atoms with Crippen molar-refractivity contribution in [3.63, 3.8) is 0 Å². The van der Waals surface area contributed by atoms with E-state index in [1.54, 1.807) is 19.1 Å². The van der Waals surface area contributed by atoms with E-state index in [1.807, 2.05) is 0 Å². The average molecular weight is 416 g/mol. The smallest absolute Gasteiger partial charge is 0.338 e. The molecular formula is C18H16N4O6S. The molecule has 0 aliphatic carbocycles. The third-order valence-corrected chi connectivity index (χ3v) is 4.59. The summed E-state index contributed by atoms with van der Waals surface area (Å²) in [7, 11) is -3.90. The number of aryl methyl sites for hydroxylation is 1. The molecule has 29 heavy (non-hydrogen) atoms. The minimum atomic E-state index is -3.90. The predicted molar refractivity (Wildman–Crippen MR) is 101 cm³/mol. The van der Waals surface area contributed by atoms with E-state index in [4.69, 9.17) is 14.4 Å². The Balaban J connectivity index is 1.57. The Morgan fingerprint density at radius 2 is 1.90 bits per heavy atom. The number of sulfonamides is 1. The Labute approximate surface area is 165 Å². The van der Waals surface area contributed by atoms with Crippen molar-refractivity contribution in [1.29, 1.82) is 0 Å². The molecule has 1 aromatic heterocycles. The van der Waals surface area contributed by atoms with Gasteiger partial charge < -0.3 is 14.6 Å². The highest BCUT2D eigenvalue weighted by Gasteiger charge is 2.13. The van der Waals surface area contributed by atoms with Crippen LogP contribution in [0.25, 0.3) is 11.5 Å². The van der Waals surface area contributed by atoms with Crippen LogP contribution in [0.3, 0.4) is 0 Å². The van der Waals surface area contributed by atoms with Gasteiger partial charge >= 0.3 is 5.97 Å². The highest BCUT2D eigenvalue weighted by atomic mass is 32.2. The third-order valence-electron chi connectivity index (χ3n) is 3.68. The first-order chi connectivity index (χ1) is 13.7. The number of ether oxygens (including phenoxy) is 1. The van der Waals surface area contributed by atoms with E-state index in [-0.39, 0.29) is 16.1 Å². The van der Waals surface area contributed by atoms with Gasteiger partial charge in [-0.25, -0.2) is 18.4 Å². The topological polar surface area (TPSA) is 154 Å². The number of benzene rings is 2. The zero-order valence-corrected chi connectivity index (χ0v) is 16.0. The molecule has 11 heteroatoms. The number of nitrogens with two attached hydrogens (primary N) is 1. The van der Waals surface area contributed by atoms with Crippen molar-refractivity contribution in [3.8, 4) is 11.5 Å². The molecule has 3 rings (SSSR count). The van der Waals surface area contributed by atoms with E-state index < -0.39 is 28.5 Å². The quantitative estimate of drug-likeness (QED) is 0.573. The van der Waals surface area contributed by atoms with Crippen LogP contribution in [0.2, 0.25) is 0 Å². The number of amides is 1. The van der Waals surface area contributed by atoms with Crippen LogP contribution in [0.5, 0.6) is 0 Å². The number of anilines is 1. The molecular weight excluding hydrogens is 400 g/mol. The molecule has 0 fully saturated rings. The number of hydrogen-bond donors (Lipinski definition) is 2. The molecule has 0 radical (unpaired) electrons. The maximum absolute atomic E-state index is 12.1. The summed E-state index contributed by atoms with van der Waals surface area (Å²) in [5.41, 5.74) is 1.07. The fraction of sp³-hybridized carbons (Fsp3) is 0.111. The van der Waals surface area contributed by atoms with Crippen molar-refractivity contribution in [3.05, 3.63) is 59.9 Å². The van der Waals surface area contributed by atoms with E-state index in [0.29, 0.717) is 17.3 Å². The lowest BCUT2D eigenvalue weighted by Gasteiger charge is -2.08. The first-order valence-corrected chi connectivity index (χ1v) is 9.77. The maximum Gasteiger partial charge on any atom is 0.338 e. The minimum absolute atomic E-state index is 0.149. The van der Waals surface area contributed by atoms with Crippen LogP contribution < -0.4 is 10.5 Å². The Morgan fingerprint density at radius 1 is 1.17 bits per heavy atom. The number of rotatable bonds is 6. The van der Waals surface area contributed by atoms with Crippen LogP contribution in [0.4, 0.5) is 5.69 Å². The van der Waals surface area contributed by atoms with Crippen LogP contribution in [0.1, 0.15) is 16.2 Å². The highest BCUT2D eigenvalue weighted by Crippen LogP contribution is 2.18. The molecule has 0 unspecified atom stereocenters. The molecule has 0 bridgehead atoms. The molecule has 1 amide bonds. The summed E-state index contributed by atoms with van der Waals surface area (Å²) < 4.78 is 32.7. The molecule has 3 N–H and O–H groups in total. The van der Waals surface area contributed by atoms with E-state index in [2.05, 4.69) is 15.5 Å². The van der Waals surface area contributed by atoms with Gasteiger partial charge in [0.25, 0.3) is 11.8 Å². The lowest BCUT2D eigenvalue weighted by atomic mass is 10.1. The van der Waals surface area contributed by atoms with E-state index in [0.717, 1.165) is 0 Å². The van der Waals surface area contributed by atoms with Gasteiger partial charge in [-0.2, -0.15) is 4.98 Å². The summed E-state index contributed by atoms with van der Waals surface area (Å²) >= 11 is 0. The summed E-state index contributed by atoms with van der Waals surface area (Å²) in [4.78, 5) is 28.0. The molecule has 0 spiro atoms. The molecule has 0 aliphatic rings. The number of carbonyl (C=O) groups is 2. The first-order valence-electron chi connectivity index (χ1n) is 8.23. The second kappa shape index (κ2) is 8.20. The van der Waals surface area contributed by atoms with Gasteiger partial charge in [0.05, 0.1) is 10.5 Å². The van der Waals surface area contributed by atoms with Crippen molar-refractivity contribution in [2.45, 2.75) is 11.8 Å². The number of hydrogen-bond acceptors (Lipinski definition) is 8. The third kappa shape index (κ3) is 5.24. The summed E-state index contributed by atoms with van der Waals surface area (Å²) in [6.45, 7) is 1.14. The second-order valence-electron chi connectivity index (χ2n) is 5.92. The van der Waals surface area contributed by atoms with Crippen LogP contribution in [0, 0.1) is 6.92 Å². The number of nitrogens with one attached hydrogen (secondary N) is 1. The summed E-state index contributed by atoms with van der Waals surface area (Å²) in [6, 6.07) is 11.6. The van der Waals surface area contributed by atoms with Crippen LogP contribution >= 0.6 is 0 Å². The van der Waals surface area contributed by atoms with E-state index in [1.165, 1.54) is 36.4 Å². The van der Waals surface area contributed by atoms with Crippen LogP contribution in [0.15, 0.2) is 57.9 Å². The normalized spacial score (nSPS) is 11.1. The molecule has 150 valence electrons. The molecule has 0 aliphatic heterocycles. The van der Waals surface area contributed by atoms with Crippen molar-refractivity contribution in [1.82, 2.24) is 10.1 Å². The number of carbonyl (C=O) groups excluding carboxylic acids is 2. The Hall–Kier alpha value is -3.57. The van der Waals surface area contributed by atoms with Gasteiger partial charge in [-0.05, 0) is 49.4 Å². The maximum atomic E-state index is 12.1. The average Bonchev–Trinajstić information content (AvgIpc) is 3.12. The van der Waals surface area contributed by atoms with Crippen LogP contribution in [-0.4, -0.2) is 37.0 Å². The van der Waals surface area contributed by atoms with Crippen molar-refractivity contribution in [2.75, 3.05) is 11.9 Å².